The Morgan fingerprint density at radius 1 is 1.54 bits per heavy atom. The predicted molar refractivity (Wildman–Crippen MR) is 53.9 cm³/mol. The van der Waals surface area contributed by atoms with Gasteiger partial charge in [0.15, 0.2) is 0 Å². The largest absolute Gasteiger partial charge is 0.391 e. The van der Waals surface area contributed by atoms with Crippen LogP contribution in [0.5, 0.6) is 0 Å². The lowest BCUT2D eigenvalue weighted by atomic mass is 9.89. The van der Waals surface area contributed by atoms with E-state index in [0.717, 1.165) is 0 Å². The molecule has 0 saturated heterocycles. The molecule has 1 atom stereocenters. The van der Waals surface area contributed by atoms with Crippen molar-refractivity contribution < 1.29 is 5.11 Å². The van der Waals surface area contributed by atoms with Crippen LogP contribution in [0.2, 0.25) is 0 Å². The molecule has 0 saturated carbocycles. The summed E-state index contributed by atoms with van der Waals surface area (Å²) in [5.74, 6) is 5.14. The van der Waals surface area contributed by atoms with Crippen LogP contribution in [0.1, 0.15) is 27.2 Å². The number of hydrogen-bond acceptors (Lipinski definition) is 3. The molecule has 0 bridgehead atoms. The van der Waals surface area contributed by atoms with Gasteiger partial charge >= 0.3 is 0 Å². The molecule has 0 aliphatic rings. The van der Waals surface area contributed by atoms with Gasteiger partial charge in [-0.15, -0.1) is 0 Å². The van der Waals surface area contributed by atoms with Crippen LogP contribution in [0.3, 0.4) is 0 Å². The second kappa shape index (κ2) is 5.04. The van der Waals surface area contributed by atoms with Crippen molar-refractivity contribution in [1.82, 2.24) is 5.43 Å². The van der Waals surface area contributed by atoms with E-state index in [1.807, 2.05) is 0 Å². The smallest absolute Gasteiger partial charge is 0.203 e. The second-order valence-electron chi connectivity index (χ2n) is 4.29. The summed E-state index contributed by atoms with van der Waals surface area (Å²) < 4.78 is 0. The molecule has 5 heteroatoms. The fourth-order valence-electron chi connectivity index (χ4n) is 1.02. The lowest BCUT2D eigenvalue weighted by Crippen LogP contribution is -2.37. The number of hydrogen-bond donors (Lipinski definition) is 4. The van der Waals surface area contributed by atoms with E-state index < -0.39 is 6.10 Å². The second-order valence-corrected chi connectivity index (χ2v) is 4.29. The van der Waals surface area contributed by atoms with E-state index in [-0.39, 0.29) is 17.9 Å². The molecule has 0 amide bonds. The summed E-state index contributed by atoms with van der Waals surface area (Å²) in [4.78, 5) is 3.84. The van der Waals surface area contributed by atoms with Crippen molar-refractivity contribution in [3.05, 3.63) is 0 Å². The van der Waals surface area contributed by atoms with E-state index in [9.17, 15) is 5.11 Å². The maximum absolute atomic E-state index is 9.50. The number of aliphatic hydroxyl groups excluding tert-OH is 1. The first-order valence-corrected chi connectivity index (χ1v) is 4.30. The Morgan fingerprint density at radius 2 is 2.08 bits per heavy atom. The molecule has 0 rings (SSSR count). The van der Waals surface area contributed by atoms with E-state index in [4.69, 9.17) is 11.6 Å². The molecular formula is C8H20N4O. The number of aliphatic hydroxyl groups is 1. The van der Waals surface area contributed by atoms with Gasteiger partial charge in [0, 0.05) is 0 Å². The topological polar surface area (TPSA) is 96.7 Å². The average molecular weight is 188 g/mol. The summed E-state index contributed by atoms with van der Waals surface area (Å²) in [6.07, 6.45) is 0.223. The molecule has 0 aliphatic heterocycles. The van der Waals surface area contributed by atoms with Gasteiger partial charge in [0.1, 0.15) is 0 Å². The summed E-state index contributed by atoms with van der Waals surface area (Å²) in [5, 5.41) is 9.50. The molecule has 0 spiro atoms. The van der Waals surface area contributed by atoms with E-state index in [1.54, 1.807) is 0 Å². The number of hydrazine groups is 1. The first kappa shape index (κ1) is 12.2. The van der Waals surface area contributed by atoms with Crippen LogP contribution in [0.15, 0.2) is 4.99 Å². The van der Waals surface area contributed by atoms with Crippen molar-refractivity contribution in [2.75, 3.05) is 6.54 Å². The Balaban J connectivity index is 3.82. The third-order valence-corrected chi connectivity index (χ3v) is 1.47. The maximum Gasteiger partial charge on any atom is 0.203 e. The maximum atomic E-state index is 9.50. The van der Waals surface area contributed by atoms with E-state index >= 15 is 0 Å². The highest BCUT2D eigenvalue weighted by atomic mass is 16.3. The Kier molecular flexibility index (Phi) is 4.72. The lowest BCUT2D eigenvalue weighted by molar-refractivity contribution is 0.129. The molecule has 1 unspecified atom stereocenters. The van der Waals surface area contributed by atoms with E-state index in [0.29, 0.717) is 6.42 Å². The van der Waals surface area contributed by atoms with E-state index in [1.165, 1.54) is 0 Å². The zero-order chi connectivity index (χ0) is 10.5. The lowest BCUT2D eigenvalue weighted by Gasteiger charge is -2.21. The van der Waals surface area contributed by atoms with Crippen molar-refractivity contribution in [1.29, 1.82) is 0 Å². The summed E-state index contributed by atoms with van der Waals surface area (Å²) in [5.41, 5.74) is 7.58. The van der Waals surface area contributed by atoms with Crippen LogP contribution in [0.25, 0.3) is 0 Å². The van der Waals surface area contributed by atoms with Crippen molar-refractivity contribution in [2.45, 2.75) is 33.3 Å². The molecule has 0 aliphatic carbocycles. The number of rotatable bonds is 3. The van der Waals surface area contributed by atoms with Gasteiger partial charge in [-0.25, -0.2) is 10.8 Å². The number of aliphatic imine (C=N–C) groups is 1. The standard InChI is InChI=1S/C8H20N4O/c1-8(2,3)4-6(13)5-11-7(9)12-10/h6,13H,4-5,10H2,1-3H3,(H3,9,11,12). The zero-order valence-electron chi connectivity index (χ0n) is 8.54. The van der Waals surface area contributed by atoms with Crippen LogP contribution in [-0.4, -0.2) is 23.7 Å². The van der Waals surface area contributed by atoms with Crippen LogP contribution in [0, 0.1) is 5.41 Å². The van der Waals surface area contributed by atoms with Gasteiger partial charge in [-0.2, -0.15) is 0 Å². The van der Waals surface area contributed by atoms with Crippen LogP contribution in [0.4, 0.5) is 0 Å². The monoisotopic (exact) mass is 188 g/mol. The third-order valence-electron chi connectivity index (χ3n) is 1.47. The van der Waals surface area contributed by atoms with Gasteiger partial charge < -0.3 is 10.8 Å². The average Bonchev–Trinajstić information content (AvgIpc) is 1.97. The van der Waals surface area contributed by atoms with Crippen LogP contribution in [-0.2, 0) is 0 Å². The fourth-order valence-corrected chi connectivity index (χ4v) is 1.02. The predicted octanol–water partition coefficient (Wildman–Crippen LogP) is -0.438. The van der Waals surface area contributed by atoms with Crippen molar-refractivity contribution in [3.8, 4) is 0 Å². The van der Waals surface area contributed by atoms with Crippen molar-refractivity contribution in [2.24, 2.45) is 22.0 Å². The highest BCUT2D eigenvalue weighted by Gasteiger charge is 2.15. The molecule has 0 aromatic carbocycles. The normalized spacial score (nSPS) is 15.6. The molecule has 6 N–H and O–H groups in total. The molecular weight excluding hydrogens is 168 g/mol. The van der Waals surface area contributed by atoms with Crippen LogP contribution < -0.4 is 17.0 Å². The molecule has 78 valence electrons. The number of nitrogens with one attached hydrogen (secondary N) is 1. The molecule has 5 nitrogen and oxygen atoms in total. The minimum absolute atomic E-state index is 0.0971. The quantitative estimate of drug-likeness (QED) is 0.209. The molecule has 0 heterocycles. The summed E-state index contributed by atoms with van der Waals surface area (Å²) >= 11 is 0. The molecule has 0 aromatic heterocycles. The SMILES string of the molecule is CC(C)(C)CC(O)CN=C(N)NN. The molecule has 0 fully saturated rings. The fraction of sp³-hybridized carbons (Fsp3) is 0.875. The number of nitrogens with two attached hydrogens (primary N) is 2. The summed E-state index contributed by atoms with van der Waals surface area (Å²) in [6, 6.07) is 0. The highest BCUT2D eigenvalue weighted by Crippen LogP contribution is 2.20. The van der Waals surface area contributed by atoms with Gasteiger partial charge in [-0.3, -0.25) is 5.43 Å². The first-order chi connectivity index (χ1) is 5.85. The Labute approximate surface area is 79.2 Å². The van der Waals surface area contributed by atoms with Gasteiger partial charge in [-0.1, -0.05) is 20.8 Å². The molecule has 13 heavy (non-hydrogen) atoms. The minimum Gasteiger partial charge on any atom is -0.391 e. The highest BCUT2D eigenvalue weighted by molar-refractivity contribution is 5.77. The zero-order valence-corrected chi connectivity index (χ0v) is 8.54. The van der Waals surface area contributed by atoms with Gasteiger partial charge in [0.2, 0.25) is 5.96 Å². The minimum atomic E-state index is -0.466. The van der Waals surface area contributed by atoms with Crippen molar-refractivity contribution in [3.63, 3.8) is 0 Å². The van der Waals surface area contributed by atoms with Gasteiger partial charge in [0.05, 0.1) is 12.6 Å². The van der Waals surface area contributed by atoms with Gasteiger partial charge in [-0.05, 0) is 11.8 Å². The molecule has 0 radical (unpaired) electrons. The first-order valence-electron chi connectivity index (χ1n) is 4.30. The third kappa shape index (κ3) is 7.55. The van der Waals surface area contributed by atoms with Crippen molar-refractivity contribution >= 4 is 5.96 Å². The Bertz CT molecular complexity index is 173. The molecule has 0 aromatic rings. The van der Waals surface area contributed by atoms with Gasteiger partial charge in [0.25, 0.3) is 0 Å². The Hall–Kier alpha value is -0.810. The summed E-state index contributed by atoms with van der Waals surface area (Å²) in [6.45, 7) is 6.47. The Morgan fingerprint density at radius 3 is 2.46 bits per heavy atom. The van der Waals surface area contributed by atoms with E-state index in [2.05, 4.69) is 31.2 Å². The summed E-state index contributed by atoms with van der Waals surface area (Å²) in [7, 11) is 0. The number of nitrogens with zero attached hydrogens (tertiary/aromatic N) is 1. The van der Waals surface area contributed by atoms with Crippen LogP contribution >= 0.6 is 0 Å². The number of guanidine groups is 1.